The predicted octanol–water partition coefficient (Wildman–Crippen LogP) is -1.13. The Hall–Kier alpha value is -1.59. The van der Waals surface area contributed by atoms with Crippen molar-refractivity contribution in [2.75, 3.05) is 19.6 Å². The molecule has 0 atom stereocenters. The SMILES string of the molecule is O=C(O)CN1CCN=C1C(=O)O. The summed E-state index contributed by atoms with van der Waals surface area (Å²) in [6.07, 6.45) is 0. The number of hydrogen-bond donors (Lipinski definition) is 2. The minimum atomic E-state index is -1.17. The predicted molar refractivity (Wildman–Crippen MR) is 39.1 cm³/mol. The summed E-state index contributed by atoms with van der Waals surface area (Å²) in [5, 5.41) is 16.9. The summed E-state index contributed by atoms with van der Waals surface area (Å²) in [6, 6.07) is 0. The lowest BCUT2D eigenvalue weighted by Gasteiger charge is -2.13. The van der Waals surface area contributed by atoms with E-state index in [4.69, 9.17) is 10.2 Å². The maximum Gasteiger partial charge on any atom is 0.371 e. The van der Waals surface area contributed by atoms with E-state index in [0.717, 1.165) is 0 Å². The zero-order valence-corrected chi connectivity index (χ0v) is 6.23. The van der Waals surface area contributed by atoms with E-state index >= 15 is 0 Å². The maximum absolute atomic E-state index is 10.4. The molecule has 1 rings (SSSR count). The van der Waals surface area contributed by atoms with Crippen molar-refractivity contribution in [3.05, 3.63) is 0 Å². The molecular formula is C6H8N2O4. The monoisotopic (exact) mass is 172 g/mol. The van der Waals surface area contributed by atoms with Crippen molar-refractivity contribution < 1.29 is 19.8 Å². The van der Waals surface area contributed by atoms with Gasteiger partial charge in [0.1, 0.15) is 6.54 Å². The zero-order valence-electron chi connectivity index (χ0n) is 6.23. The molecule has 1 heterocycles. The fourth-order valence-electron chi connectivity index (χ4n) is 1.00. The van der Waals surface area contributed by atoms with Crippen molar-refractivity contribution >= 4 is 17.8 Å². The third kappa shape index (κ3) is 1.71. The van der Waals surface area contributed by atoms with Crippen LogP contribution in [0.3, 0.4) is 0 Å². The van der Waals surface area contributed by atoms with Crippen LogP contribution in [0.4, 0.5) is 0 Å². The van der Waals surface area contributed by atoms with Crippen molar-refractivity contribution in [2.24, 2.45) is 4.99 Å². The lowest BCUT2D eigenvalue weighted by Crippen LogP contribution is -2.37. The molecule has 6 heteroatoms. The van der Waals surface area contributed by atoms with Gasteiger partial charge in [-0.3, -0.25) is 9.79 Å². The summed E-state index contributed by atoms with van der Waals surface area (Å²) in [6.45, 7) is 0.425. The maximum atomic E-state index is 10.4. The summed E-state index contributed by atoms with van der Waals surface area (Å²) in [5.74, 6) is -2.38. The number of carboxylic acid groups (broad SMARTS) is 2. The van der Waals surface area contributed by atoms with Crippen LogP contribution in [0.5, 0.6) is 0 Å². The fourth-order valence-corrected chi connectivity index (χ4v) is 1.00. The van der Waals surface area contributed by atoms with Crippen LogP contribution in [0.25, 0.3) is 0 Å². The van der Waals surface area contributed by atoms with Crippen LogP contribution >= 0.6 is 0 Å². The van der Waals surface area contributed by atoms with Crippen LogP contribution in [0.2, 0.25) is 0 Å². The number of aliphatic carboxylic acids is 2. The number of rotatable bonds is 3. The Morgan fingerprint density at radius 3 is 2.67 bits per heavy atom. The molecule has 0 amide bonds. The Kier molecular flexibility index (Phi) is 2.27. The molecule has 66 valence electrons. The normalized spacial score (nSPS) is 16.0. The van der Waals surface area contributed by atoms with Gasteiger partial charge in [-0.1, -0.05) is 0 Å². The Morgan fingerprint density at radius 2 is 2.17 bits per heavy atom. The number of hydrogen-bond acceptors (Lipinski definition) is 4. The van der Waals surface area contributed by atoms with Gasteiger partial charge in [0, 0.05) is 6.54 Å². The zero-order chi connectivity index (χ0) is 9.14. The van der Waals surface area contributed by atoms with Crippen LogP contribution in [0.15, 0.2) is 4.99 Å². The van der Waals surface area contributed by atoms with E-state index in [9.17, 15) is 9.59 Å². The average molecular weight is 172 g/mol. The summed E-state index contributed by atoms with van der Waals surface area (Å²) < 4.78 is 0. The Bertz CT molecular complexity index is 248. The van der Waals surface area contributed by atoms with E-state index in [1.165, 1.54) is 4.90 Å². The molecule has 12 heavy (non-hydrogen) atoms. The van der Waals surface area contributed by atoms with E-state index in [0.29, 0.717) is 13.1 Å². The topological polar surface area (TPSA) is 90.2 Å². The average Bonchev–Trinajstić information content (AvgIpc) is 2.33. The summed E-state index contributed by atoms with van der Waals surface area (Å²) in [5.41, 5.74) is 0. The van der Waals surface area contributed by atoms with Crippen molar-refractivity contribution in [3.8, 4) is 0 Å². The minimum absolute atomic E-state index is 0.155. The lowest BCUT2D eigenvalue weighted by atomic mass is 10.4. The number of carbonyl (C=O) groups is 2. The second-order valence-electron chi connectivity index (χ2n) is 2.33. The Labute approximate surface area is 68.1 Å². The highest BCUT2D eigenvalue weighted by atomic mass is 16.4. The van der Waals surface area contributed by atoms with Gasteiger partial charge in [0.05, 0.1) is 6.54 Å². The smallest absolute Gasteiger partial charge is 0.371 e. The third-order valence-corrected chi connectivity index (χ3v) is 1.45. The van der Waals surface area contributed by atoms with E-state index in [1.807, 2.05) is 0 Å². The van der Waals surface area contributed by atoms with Gasteiger partial charge in [-0.15, -0.1) is 0 Å². The summed E-state index contributed by atoms with van der Waals surface area (Å²) in [7, 11) is 0. The fraction of sp³-hybridized carbons (Fsp3) is 0.500. The van der Waals surface area contributed by atoms with Crippen LogP contribution in [0, 0.1) is 0 Å². The molecule has 0 fully saturated rings. The first-order chi connectivity index (χ1) is 5.61. The van der Waals surface area contributed by atoms with E-state index < -0.39 is 11.9 Å². The van der Waals surface area contributed by atoms with Crippen LogP contribution in [-0.2, 0) is 9.59 Å². The molecule has 0 bridgehead atoms. The highest BCUT2D eigenvalue weighted by Gasteiger charge is 2.24. The highest BCUT2D eigenvalue weighted by molar-refractivity contribution is 6.35. The van der Waals surface area contributed by atoms with Gasteiger partial charge in [-0.2, -0.15) is 0 Å². The number of aliphatic imine (C=N–C) groups is 1. The molecule has 0 saturated heterocycles. The van der Waals surface area contributed by atoms with Gasteiger partial charge in [-0.25, -0.2) is 4.79 Å². The molecular weight excluding hydrogens is 164 g/mol. The molecule has 0 spiro atoms. The molecule has 1 aliphatic rings. The van der Waals surface area contributed by atoms with E-state index in [2.05, 4.69) is 4.99 Å². The molecule has 0 aliphatic carbocycles. The first-order valence-electron chi connectivity index (χ1n) is 3.35. The molecule has 6 nitrogen and oxygen atoms in total. The Morgan fingerprint density at radius 1 is 1.50 bits per heavy atom. The second kappa shape index (κ2) is 3.21. The summed E-state index contributed by atoms with van der Waals surface area (Å²) in [4.78, 5) is 25.5. The quantitative estimate of drug-likeness (QED) is 0.562. The second-order valence-corrected chi connectivity index (χ2v) is 2.33. The molecule has 2 N–H and O–H groups in total. The van der Waals surface area contributed by atoms with Crippen molar-refractivity contribution in [2.45, 2.75) is 0 Å². The van der Waals surface area contributed by atoms with Gasteiger partial charge in [0.25, 0.3) is 0 Å². The van der Waals surface area contributed by atoms with Gasteiger partial charge in [0.2, 0.25) is 5.84 Å². The number of nitrogens with zero attached hydrogens (tertiary/aromatic N) is 2. The molecule has 0 aromatic heterocycles. The lowest BCUT2D eigenvalue weighted by molar-refractivity contribution is -0.137. The third-order valence-electron chi connectivity index (χ3n) is 1.45. The number of carboxylic acids is 2. The van der Waals surface area contributed by atoms with E-state index in [1.54, 1.807) is 0 Å². The Balaban J connectivity index is 2.62. The van der Waals surface area contributed by atoms with Crippen LogP contribution < -0.4 is 0 Å². The van der Waals surface area contributed by atoms with Gasteiger partial charge in [0.15, 0.2) is 0 Å². The van der Waals surface area contributed by atoms with Gasteiger partial charge in [-0.05, 0) is 0 Å². The first kappa shape index (κ1) is 8.51. The largest absolute Gasteiger partial charge is 0.480 e. The number of amidine groups is 1. The van der Waals surface area contributed by atoms with Crippen LogP contribution in [-0.4, -0.2) is 52.5 Å². The van der Waals surface area contributed by atoms with Crippen molar-refractivity contribution in [1.29, 1.82) is 0 Å². The molecule has 0 aromatic carbocycles. The van der Waals surface area contributed by atoms with Crippen molar-refractivity contribution in [3.63, 3.8) is 0 Å². The molecule has 1 aliphatic heterocycles. The minimum Gasteiger partial charge on any atom is -0.480 e. The molecule has 0 radical (unpaired) electrons. The van der Waals surface area contributed by atoms with E-state index in [-0.39, 0.29) is 12.4 Å². The van der Waals surface area contributed by atoms with Crippen LogP contribution in [0.1, 0.15) is 0 Å². The van der Waals surface area contributed by atoms with Crippen molar-refractivity contribution in [1.82, 2.24) is 4.90 Å². The molecule has 0 unspecified atom stereocenters. The van der Waals surface area contributed by atoms with Gasteiger partial charge < -0.3 is 15.1 Å². The highest BCUT2D eigenvalue weighted by Crippen LogP contribution is 2.00. The standard InChI is InChI=1S/C6H8N2O4/c9-4(10)3-8-2-1-7-5(8)6(11)12/h1-3H2,(H,9,10)(H,11,12). The molecule has 0 aromatic rings. The summed E-state index contributed by atoms with van der Waals surface area (Å²) >= 11 is 0. The molecule has 0 saturated carbocycles. The first-order valence-corrected chi connectivity index (χ1v) is 3.35. The van der Waals surface area contributed by atoms with Gasteiger partial charge >= 0.3 is 11.9 Å².